The third-order valence-electron chi connectivity index (χ3n) is 6.36. The topological polar surface area (TPSA) is 48.8 Å². The zero-order valence-electron chi connectivity index (χ0n) is 17.2. The predicted molar refractivity (Wildman–Crippen MR) is 116 cm³/mol. The Bertz CT molecular complexity index is 1090. The molecule has 0 N–H and O–H groups in total. The first-order valence-electron chi connectivity index (χ1n) is 10.5. The van der Waals surface area contributed by atoms with Gasteiger partial charge in [-0.3, -0.25) is 14.5 Å². The predicted octanol–water partition coefficient (Wildman–Crippen LogP) is 2.23. The van der Waals surface area contributed by atoms with Crippen molar-refractivity contribution in [1.82, 2.24) is 19.3 Å². The van der Waals surface area contributed by atoms with E-state index in [1.807, 2.05) is 30.3 Å². The van der Waals surface area contributed by atoms with Gasteiger partial charge in [-0.2, -0.15) is 0 Å². The molecule has 3 heterocycles. The Hall–Kier alpha value is -3.12. The maximum Gasteiger partial charge on any atom is 0.247 e. The zero-order chi connectivity index (χ0) is 20.7. The zero-order valence-corrected chi connectivity index (χ0v) is 17.2. The number of amides is 2. The van der Waals surface area contributed by atoms with E-state index in [1.54, 1.807) is 9.80 Å². The van der Waals surface area contributed by atoms with Gasteiger partial charge in [-0.25, -0.2) is 0 Å². The molecule has 2 aliphatic heterocycles. The lowest BCUT2D eigenvalue weighted by atomic mass is 10.1. The summed E-state index contributed by atoms with van der Waals surface area (Å²) < 4.78 is 2.22. The molecule has 0 spiro atoms. The molecule has 0 radical (unpaired) electrons. The second-order valence-electron chi connectivity index (χ2n) is 8.27. The Morgan fingerprint density at radius 1 is 0.933 bits per heavy atom. The summed E-state index contributed by atoms with van der Waals surface area (Å²) in [5.41, 5.74) is 3.49. The highest BCUT2D eigenvalue weighted by molar-refractivity contribution is 5.95. The van der Waals surface area contributed by atoms with Crippen molar-refractivity contribution in [2.24, 2.45) is 7.05 Å². The van der Waals surface area contributed by atoms with E-state index < -0.39 is 6.04 Å². The van der Waals surface area contributed by atoms with Crippen LogP contribution in [0.3, 0.4) is 0 Å². The molecule has 1 unspecified atom stereocenters. The molecule has 0 bridgehead atoms. The molecule has 30 heavy (non-hydrogen) atoms. The van der Waals surface area contributed by atoms with Crippen LogP contribution in [0, 0.1) is 0 Å². The maximum atomic E-state index is 13.2. The summed E-state index contributed by atoms with van der Waals surface area (Å²) in [4.78, 5) is 31.7. The molecule has 1 atom stereocenters. The molecular weight excluding hydrogens is 376 g/mol. The fraction of sp³-hybridized carbons (Fsp3) is 0.333. The Morgan fingerprint density at radius 3 is 2.50 bits per heavy atom. The number of fused-ring (bicyclic) bond motifs is 2. The number of piperazine rings is 2. The lowest BCUT2D eigenvalue weighted by Gasteiger charge is -2.46. The number of para-hydroxylation sites is 1. The van der Waals surface area contributed by atoms with E-state index in [4.69, 9.17) is 0 Å². The number of aromatic nitrogens is 1. The van der Waals surface area contributed by atoms with E-state index in [1.165, 1.54) is 16.6 Å². The fourth-order valence-corrected chi connectivity index (χ4v) is 4.70. The lowest BCUT2D eigenvalue weighted by molar-refractivity contribution is -0.160. The molecule has 2 saturated heterocycles. The summed E-state index contributed by atoms with van der Waals surface area (Å²) in [5.74, 6) is 0.111. The Kier molecular flexibility index (Phi) is 4.79. The van der Waals surface area contributed by atoms with Gasteiger partial charge in [-0.1, -0.05) is 48.5 Å². The molecule has 3 aromatic rings. The van der Waals surface area contributed by atoms with Crippen LogP contribution in [0.2, 0.25) is 0 Å². The number of hydrogen-bond donors (Lipinski definition) is 0. The van der Waals surface area contributed by atoms with Crippen molar-refractivity contribution in [1.29, 1.82) is 0 Å². The highest BCUT2D eigenvalue weighted by atomic mass is 16.2. The van der Waals surface area contributed by atoms with Crippen molar-refractivity contribution in [2.75, 3.05) is 26.2 Å². The minimum Gasteiger partial charge on any atom is -0.346 e. The van der Waals surface area contributed by atoms with Gasteiger partial charge in [0.05, 0.1) is 0 Å². The summed E-state index contributed by atoms with van der Waals surface area (Å²) in [6, 6.07) is 20.1. The average molecular weight is 402 g/mol. The molecule has 2 amide bonds. The molecule has 2 aliphatic rings. The summed E-state index contributed by atoms with van der Waals surface area (Å²) in [5, 5.41) is 1.23. The molecule has 2 aromatic carbocycles. The van der Waals surface area contributed by atoms with Gasteiger partial charge in [-0.15, -0.1) is 0 Å². The molecule has 5 rings (SSSR count). The van der Waals surface area contributed by atoms with Gasteiger partial charge in [-0.05, 0) is 23.1 Å². The number of carbonyl (C=O) groups excluding carboxylic acids is 2. The first kappa shape index (κ1) is 18.9. The highest BCUT2D eigenvalue weighted by Crippen LogP contribution is 2.23. The van der Waals surface area contributed by atoms with Crippen molar-refractivity contribution >= 4 is 22.7 Å². The van der Waals surface area contributed by atoms with Gasteiger partial charge in [0.2, 0.25) is 11.8 Å². The van der Waals surface area contributed by atoms with Crippen LogP contribution in [0.5, 0.6) is 0 Å². The molecule has 6 heteroatoms. The van der Waals surface area contributed by atoms with E-state index in [0.29, 0.717) is 19.6 Å². The normalized spacial score (nSPS) is 20.1. The number of rotatable bonds is 4. The van der Waals surface area contributed by atoms with E-state index in [0.717, 1.165) is 18.7 Å². The second kappa shape index (κ2) is 7.61. The van der Waals surface area contributed by atoms with Crippen LogP contribution >= 0.6 is 0 Å². The van der Waals surface area contributed by atoms with Gasteiger partial charge >= 0.3 is 0 Å². The molecule has 2 fully saturated rings. The molecular formula is C24H26N4O2. The third kappa shape index (κ3) is 3.37. The van der Waals surface area contributed by atoms with Crippen molar-refractivity contribution in [3.05, 3.63) is 71.9 Å². The summed E-state index contributed by atoms with van der Waals surface area (Å²) in [6.45, 7) is 3.41. The first-order valence-corrected chi connectivity index (χ1v) is 10.5. The molecule has 1 aromatic heterocycles. The second-order valence-corrected chi connectivity index (χ2v) is 8.27. The van der Waals surface area contributed by atoms with Crippen LogP contribution < -0.4 is 0 Å². The fourth-order valence-electron chi connectivity index (χ4n) is 4.70. The number of aryl methyl sites for hydroxylation is 1. The standard InChI is InChI=1S/C24H26N4O2/c1-25-20(13-19-9-5-6-10-21(19)25)15-26-11-12-28-22(16-26)24(30)27(17-23(28)29)14-18-7-3-2-4-8-18/h2-10,13,22H,11-12,14-17H2,1H3. The van der Waals surface area contributed by atoms with Gasteiger partial charge < -0.3 is 14.4 Å². The Morgan fingerprint density at radius 2 is 1.70 bits per heavy atom. The van der Waals surface area contributed by atoms with Crippen molar-refractivity contribution in [3.8, 4) is 0 Å². The molecule has 6 nitrogen and oxygen atoms in total. The van der Waals surface area contributed by atoms with E-state index >= 15 is 0 Å². The van der Waals surface area contributed by atoms with Gasteiger partial charge in [0.1, 0.15) is 12.6 Å². The quantitative estimate of drug-likeness (QED) is 0.673. The van der Waals surface area contributed by atoms with Crippen molar-refractivity contribution < 1.29 is 9.59 Å². The molecule has 0 saturated carbocycles. The number of nitrogens with zero attached hydrogens (tertiary/aromatic N) is 4. The smallest absolute Gasteiger partial charge is 0.247 e. The Labute approximate surface area is 176 Å². The Balaban J connectivity index is 1.32. The number of carbonyl (C=O) groups is 2. The minimum absolute atomic E-state index is 0.0554. The summed E-state index contributed by atoms with van der Waals surface area (Å²) >= 11 is 0. The van der Waals surface area contributed by atoms with E-state index in [-0.39, 0.29) is 18.4 Å². The van der Waals surface area contributed by atoms with Crippen LogP contribution in [0.1, 0.15) is 11.3 Å². The molecule has 0 aliphatic carbocycles. The number of hydrogen-bond acceptors (Lipinski definition) is 3. The van der Waals surface area contributed by atoms with Crippen LogP contribution in [-0.2, 0) is 29.7 Å². The van der Waals surface area contributed by atoms with Crippen LogP contribution in [-0.4, -0.2) is 63.3 Å². The highest BCUT2D eigenvalue weighted by Gasteiger charge is 2.42. The van der Waals surface area contributed by atoms with Crippen LogP contribution in [0.15, 0.2) is 60.7 Å². The summed E-state index contributed by atoms with van der Waals surface area (Å²) in [6.07, 6.45) is 0. The maximum absolute atomic E-state index is 13.2. The summed E-state index contributed by atoms with van der Waals surface area (Å²) in [7, 11) is 2.09. The first-order chi connectivity index (χ1) is 14.6. The van der Waals surface area contributed by atoms with Crippen LogP contribution in [0.4, 0.5) is 0 Å². The molecule has 154 valence electrons. The third-order valence-corrected chi connectivity index (χ3v) is 6.36. The minimum atomic E-state index is -0.390. The largest absolute Gasteiger partial charge is 0.346 e. The number of benzene rings is 2. The van der Waals surface area contributed by atoms with Crippen molar-refractivity contribution in [3.63, 3.8) is 0 Å². The van der Waals surface area contributed by atoms with E-state index in [9.17, 15) is 9.59 Å². The van der Waals surface area contributed by atoms with E-state index in [2.05, 4.69) is 46.8 Å². The monoisotopic (exact) mass is 402 g/mol. The van der Waals surface area contributed by atoms with Gasteiger partial charge in [0.15, 0.2) is 0 Å². The average Bonchev–Trinajstić information content (AvgIpc) is 3.08. The lowest BCUT2D eigenvalue weighted by Crippen LogP contribution is -2.66. The van der Waals surface area contributed by atoms with Gasteiger partial charge in [0, 0.05) is 51.0 Å². The van der Waals surface area contributed by atoms with Crippen LogP contribution in [0.25, 0.3) is 10.9 Å². The SMILES string of the molecule is Cn1c(CN2CCN3C(=O)CN(Cc4ccccc4)C(=O)C3C2)cc2ccccc21. The van der Waals surface area contributed by atoms with Crippen molar-refractivity contribution in [2.45, 2.75) is 19.1 Å². The van der Waals surface area contributed by atoms with Gasteiger partial charge in [0.25, 0.3) is 0 Å².